The van der Waals surface area contributed by atoms with Crippen molar-refractivity contribution in [3.8, 4) is 0 Å². The van der Waals surface area contributed by atoms with Crippen LogP contribution >= 0.6 is 11.3 Å². The Balaban J connectivity index is 1.61. The molecule has 0 aliphatic heterocycles. The fourth-order valence-corrected chi connectivity index (χ4v) is 4.03. The zero-order valence-corrected chi connectivity index (χ0v) is 16.2. The first-order chi connectivity index (χ1) is 13.7. The van der Waals surface area contributed by atoms with Crippen LogP contribution in [0.1, 0.15) is 23.0 Å². The van der Waals surface area contributed by atoms with Gasteiger partial charge in [0, 0.05) is 19.5 Å². The second-order valence-electron chi connectivity index (χ2n) is 6.40. The van der Waals surface area contributed by atoms with Crippen LogP contribution in [0.25, 0.3) is 10.8 Å². The predicted octanol–water partition coefficient (Wildman–Crippen LogP) is 4.26. The van der Waals surface area contributed by atoms with Gasteiger partial charge >= 0.3 is 0 Å². The molecule has 2 aromatic heterocycles. The minimum atomic E-state index is -0.118. The predicted molar refractivity (Wildman–Crippen MR) is 110 cm³/mol. The fourth-order valence-electron chi connectivity index (χ4n) is 3.30. The van der Waals surface area contributed by atoms with Crippen molar-refractivity contribution in [2.75, 3.05) is 12.4 Å². The van der Waals surface area contributed by atoms with Crippen molar-refractivity contribution in [2.24, 2.45) is 0 Å². The first-order valence-corrected chi connectivity index (χ1v) is 9.77. The molecule has 0 saturated carbocycles. The zero-order valence-electron chi connectivity index (χ0n) is 15.4. The average molecular weight is 392 g/mol. The molecule has 0 fully saturated rings. The third-order valence-electron chi connectivity index (χ3n) is 4.53. The minimum Gasteiger partial charge on any atom is -0.377 e. The zero-order chi connectivity index (χ0) is 19.3. The lowest BCUT2D eigenvalue weighted by atomic mass is 9.96. The molecule has 1 unspecified atom stereocenters. The number of fused-ring (bicyclic) bond motifs is 1. The van der Waals surface area contributed by atoms with Crippen LogP contribution in [0.2, 0.25) is 0 Å². The van der Waals surface area contributed by atoms with E-state index in [0.29, 0.717) is 18.2 Å². The van der Waals surface area contributed by atoms with Crippen LogP contribution in [0.5, 0.6) is 0 Å². The molecule has 0 aliphatic rings. The number of anilines is 1. The van der Waals surface area contributed by atoms with Gasteiger partial charge in [0.25, 0.3) is 0 Å². The summed E-state index contributed by atoms with van der Waals surface area (Å²) in [6.07, 6.45) is 4.27. The van der Waals surface area contributed by atoms with Crippen molar-refractivity contribution in [1.29, 1.82) is 0 Å². The summed E-state index contributed by atoms with van der Waals surface area (Å²) < 4.78 is 7.12. The molecule has 0 radical (unpaired) electrons. The Bertz CT molecular complexity index is 1070. The Morgan fingerprint density at radius 2 is 1.89 bits per heavy atom. The van der Waals surface area contributed by atoms with Gasteiger partial charge in [-0.05, 0) is 28.5 Å². The number of ether oxygens (including phenoxy) is 1. The summed E-state index contributed by atoms with van der Waals surface area (Å²) in [5, 5.41) is 14.4. The van der Waals surface area contributed by atoms with E-state index in [0.717, 1.165) is 21.3 Å². The maximum Gasteiger partial charge on any atom is 0.228 e. The molecule has 0 aliphatic carbocycles. The molecule has 28 heavy (non-hydrogen) atoms. The number of hydrogen-bond acceptors (Lipinski definition) is 5. The molecule has 0 saturated heterocycles. The van der Waals surface area contributed by atoms with Crippen molar-refractivity contribution in [2.45, 2.75) is 19.1 Å². The number of carbonyl (C=O) groups excluding carboxylic acids is 1. The highest BCUT2D eigenvalue weighted by Crippen LogP contribution is 2.30. The van der Waals surface area contributed by atoms with E-state index in [2.05, 4.69) is 44.3 Å². The number of carbonyl (C=O) groups is 1. The average Bonchev–Trinajstić information content (AvgIpc) is 3.38. The van der Waals surface area contributed by atoms with E-state index in [1.54, 1.807) is 7.11 Å². The van der Waals surface area contributed by atoms with Gasteiger partial charge in [0.05, 0.1) is 12.5 Å². The summed E-state index contributed by atoms with van der Waals surface area (Å²) in [7, 11) is 1.60. The smallest absolute Gasteiger partial charge is 0.228 e. The molecule has 1 atom stereocenters. The standard InChI is InChI=1S/C21H20N4O2S/c1-27-14-20-23-24-21(28-20)22-19(26)13-18(25-11-4-5-12-25)17-10-6-8-15-7-2-3-9-16(15)17/h2-12,18H,13-14H2,1H3,(H,22,24,26). The largest absolute Gasteiger partial charge is 0.377 e. The van der Waals surface area contributed by atoms with Crippen molar-refractivity contribution >= 4 is 33.1 Å². The van der Waals surface area contributed by atoms with Crippen molar-refractivity contribution < 1.29 is 9.53 Å². The first-order valence-electron chi connectivity index (χ1n) is 8.96. The van der Waals surface area contributed by atoms with Crippen LogP contribution in [0.4, 0.5) is 5.13 Å². The SMILES string of the molecule is COCc1nnc(NC(=O)CC(c2cccc3ccccc23)n2cccc2)s1. The molecule has 1 amide bonds. The van der Waals surface area contributed by atoms with Crippen LogP contribution in [-0.2, 0) is 16.1 Å². The Hall–Kier alpha value is -3.03. The number of nitrogens with one attached hydrogen (secondary N) is 1. The van der Waals surface area contributed by atoms with Crippen LogP contribution < -0.4 is 5.32 Å². The van der Waals surface area contributed by atoms with Crippen LogP contribution in [0, 0.1) is 0 Å². The Morgan fingerprint density at radius 1 is 1.11 bits per heavy atom. The number of amides is 1. The molecular weight excluding hydrogens is 372 g/mol. The Labute approximate surface area is 166 Å². The van der Waals surface area contributed by atoms with E-state index in [1.165, 1.54) is 11.3 Å². The molecule has 4 aromatic rings. The van der Waals surface area contributed by atoms with Gasteiger partial charge in [-0.1, -0.05) is 53.8 Å². The summed E-state index contributed by atoms with van der Waals surface area (Å²) in [6, 6.07) is 18.3. The second-order valence-corrected chi connectivity index (χ2v) is 7.46. The minimum absolute atomic E-state index is 0.105. The van der Waals surface area contributed by atoms with E-state index in [-0.39, 0.29) is 11.9 Å². The Morgan fingerprint density at radius 3 is 2.71 bits per heavy atom. The molecule has 142 valence electrons. The monoisotopic (exact) mass is 392 g/mol. The molecule has 6 nitrogen and oxygen atoms in total. The Kier molecular flexibility index (Phi) is 5.45. The lowest BCUT2D eigenvalue weighted by molar-refractivity contribution is -0.116. The number of methoxy groups -OCH3 is 1. The van der Waals surface area contributed by atoms with Gasteiger partial charge in [-0.15, -0.1) is 10.2 Å². The van der Waals surface area contributed by atoms with Crippen LogP contribution in [-0.4, -0.2) is 27.8 Å². The van der Waals surface area contributed by atoms with E-state index >= 15 is 0 Å². The van der Waals surface area contributed by atoms with Gasteiger partial charge in [-0.25, -0.2) is 0 Å². The van der Waals surface area contributed by atoms with E-state index < -0.39 is 0 Å². The molecule has 2 aromatic carbocycles. The maximum atomic E-state index is 12.8. The normalized spacial score (nSPS) is 12.2. The molecule has 0 bridgehead atoms. The second kappa shape index (κ2) is 8.33. The van der Waals surface area contributed by atoms with Crippen LogP contribution in [0.15, 0.2) is 67.0 Å². The number of hydrogen-bond donors (Lipinski definition) is 1. The van der Waals surface area contributed by atoms with E-state index in [4.69, 9.17) is 4.74 Å². The molecule has 0 spiro atoms. The summed E-state index contributed by atoms with van der Waals surface area (Å²) in [5.74, 6) is -0.105. The quantitative estimate of drug-likeness (QED) is 0.510. The number of benzene rings is 2. The van der Waals surface area contributed by atoms with Crippen LogP contribution in [0.3, 0.4) is 0 Å². The number of aromatic nitrogens is 3. The molecule has 2 heterocycles. The van der Waals surface area contributed by atoms with Crippen molar-refractivity contribution in [3.05, 3.63) is 77.6 Å². The first kappa shape index (κ1) is 18.3. The van der Waals surface area contributed by atoms with Gasteiger partial charge in [0.1, 0.15) is 11.6 Å². The summed E-state index contributed by atoms with van der Waals surface area (Å²) in [5.41, 5.74) is 1.11. The molecular formula is C21H20N4O2S. The highest BCUT2D eigenvalue weighted by atomic mass is 32.1. The third-order valence-corrected chi connectivity index (χ3v) is 5.34. The molecule has 4 rings (SSSR count). The number of rotatable bonds is 7. The fraction of sp³-hybridized carbons (Fsp3) is 0.190. The van der Waals surface area contributed by atoms with Gasteiger partial charge in [0.15, 0.2) is 0 Å². The summed E-state index contributed by atoms with van der Waals surface area (Å²) >= 11 is 1.32. The van der Waals surface area contributed by atoms with Gasteiger partial charge < -0.3 is 14.6 Å². The van der Waals surface area contributed by atoms with Gasteiger partial charge in [-0.3, -0.25) is 4.79 Å². The highest BCUT2D eigenvalue weighted by molar-refractivity contribution is 7.15. The van der Waals surface area contributed by atoms with Gasteiger partial charge in [-0.2, -0.15) is 0 Å². The van der Waals surface area contributed by atoms with Crippen molar-refractivity contribution in [3.63, 3.8) is 0 Å². The lowest BCUT2D eigenvalue weighted by Crippen LogP contribution is -2.19. The molecule has 7 heteroatoms. The maximum absolute atomic E-state index is 12.8. The van der Waals surface area contributed by atoms with E-state index in [9.17, 15) is 4.79 Å². The molecule has 1 N–H and O–H groups in total. The van der Waals surface area contributed by atoms with E-state index in [1.807, 2.05) is 42.7 Å². The third kappa shape index (κ3) is 3.95. The lowest BCUT2D eigenvalue weighted by Gasteiger charge is -2.21. The highest BCUT2D eigenvalue weighted by Gasteiger charge is 2.20. The summed E-state index contributed by atoms with van der Waals surface area (Å²) in [6.45, 7) is 0.384. The van der Waals surface area contributed by atoms with Gasteiger partial charge in [0.2, 0.25) is 11.0 Å². The number of nitrogens with zero attached hydrogens (tertiary/aromatic N) is 3. The topological polar surface area (TPSA) is 69.0 Å². The van der Waals surface area contributed by atoms with Crippen molar-refractivity contribution in [1.82, 2.24) is 14.8 Å². The summed E-state index contributed by atoms with van der Waals surface area (Å²) in [4.78, 5) is 12.8.